The number of carboxylic acid groups (broad SMARTS) is 2. The van der Waals surface area contributed by atoms with Gasteiger partial charge in [0, 0.05) is 6.54 Å². The number of allylic oxidation sites excluding steroid dienone is 1. The van der Waals surface area contributed by atoms with Gasteiger partial charge in [-0.1, -0.05) is 6.08 Å². The van der Waals surface area contributed by atoms with E-state index in [2.05, 4.69) is 27.3 Å². The van der Waals surface area contributed by atoms with E-state index in [1.54, 1.807) is 11.6 Å². The Kier molecular flexibility index (Phi) is 10.6. The summed E-state index contributed by atoms with van der Waals surface area (Å²) in [6, 6.07) is -1.40. The SMILES string of the molecule is C=[N+](CCCCC(NC)C(=O)O)c1nc(NCCCC(N)C(=O)O)[nH]c1/C=C\C. The van der Waals surface area contributed by atoms with Crippen molar-refractivity contribution >= 4 is 36.5 Å². The summed E-state index contributed by atoms with van der Waals surface area (Å²) < 4.78 is 1.78. The van der Waals surface area contributed by atoms with E-state index in [1.807, 2.05) is 19.1 Å². The van der Waals surface area contributed by atoms with Gasteiger partial charge in [-0.2, -0.15) is 0 Å². The standard InChI is InChI=1S/C19H32N6O4/c1-4-8-14-16(25(3)12-6-5-10-15(21-2)18(28)29)24-19(23-14)22-11-7-9-13(20)17(26)27/h4,8,13,15,21H,3,5-7,9-12,20H2,1-2H3,(H3-,22,23,24,26,27,28,29)/p+1/b8-4-. The Hall–Kier alpha value is -2.72. The van der Waals surface area contributed by atoms with Crippen molar-refractivity contribution in [2.24, 2.45) is 5.73 Å². The minimum Gasteiger partial charge on any atom is -0.480 e. The van der Waals surface area contributed by atoms with Crippen molar-refractivity contribution in [1.82, 2.24) is 15.3 Å². The first-order valence-electron chi connectivity index (χ1n) is 9.73. The topological polar surface area (TPSA) is 156 Å². The molecule has 29 heavy (non-hydrogen) atoms. The van der Waals surface area contributed by atoms with Crippen LogP contribution in [0.1, 0.15) is 44.7 Å². The first kappa shape index (κ1) is 24.3. The number of unbranched alkanes of at least 4 members (excludes halogenated alkanes) is 1. The first-order chi connectivity index (χ1) is 13.8. The molecule has 0 saturated heterocycles. The van der Waals surface area contributed by atoms with Crippen molar-refractivity contribution < 1.29 is 24.4 Å². The zero-order valence-corrected chi connectivity index (χ0v) is 17.1. The Bertz CT molecular complexity index is 716. The normalized spacial score (nSPS) is 13.3. The number of rotatable bonds is 15. The highest BCUT2D eigenvalue weighted by molar-refractivity contribution is 5.73. The lowest BCUT2D eigenvalue weighted by molar-refractivity contribution is -0.436. The third-order valence-corrected chi connectivity index (χ3v) is 4.46. The van der Waals surface area contributed by atoms with Gasteiger partial charge in [0.1, 0.15) is 17.8 Å². The average Bonchev–Trinajstić information content (AvgIpc) is 3.07. The van der Waals surface area contributed by atoms with Gasteiger partial charge in [0.25, 0.3) is 0 Å². The molecule has 1 rings (SSSR count). The fourth-order valence-electron chi connectivity index (χ4n) is 2.79. The fraction of sp³-hybridized carbons (Fsp3) is 0.579. The van der Waals surface area contributed by atoms with Gasteiger partial charge in [0.05, 0.1) is 13.3 Å². The van der Waals surface area contributed by atoms with E-state index in [4.69, 9.17) is 15.9 Å². The minimum atomic E-state index is -1.00. The van der Waals surface area contributed by atoms with Gasteiger partial charge in [0.15, 0.2) is 0 Å². The van der Waals surface area contributed by atoms with Crippen LogP contribution < -0.4 is 16.4 Å². The summed E-state index contributed by atoms with van der Waals surface area (Å²) >= 11 is 0. The molecule has 0 aliphatic heterocycles. The van der Waals surface area contributed by atoms with E-state index in [0.29, 0.717) is 44.1 Å². The third-order valence-electron chi connectivity index (χ3n) is 4.46. The molecule has 1 aromatic heterocycles. The number of aliphatic carboxylic acids is 2. The van der Waals surface area contributed by atoms with Crippen LogP contribution >= 0.6 is 0 Å². The molecule has 2 atom stereocenters. The largest absolute Gasteiger partial charge is 0.480 e. The van der Waals surface area contributed by atoms with Gasteiger partial charge in [-0.05, 0) is 57.1 Å². The van der Waals surface area contributed by atoms with Gasteiger partial charge >= 0.3 is 23.7 Å². The molecule has 0 bridgehead atoms. The van der Waals surface area contributed by atoms with Crippen LogP contribution in [0, 0.1) is 0 Å². The maximum absolute atomic E-state index is 11.0. The summed E-state index contributed by atoms with van der Waals surface area (Å²) in [5.74, 6) is -0.581. The molecule has 10 nitrogen and oxygen atoms in total. The second-order valence-corrected chi connectivity index (χ2v) is 6.78. The Morgan fingerprint density at radius 2 is 2.00 bits per heavy atom. The van der Waals surface area contributed by atoms with Crippen molar-refractivity contribution in [3.8, 4) is 0 Å². The zero-order chi connectivity index (χ0) is 21.8. The lowest BCUT2D eigenvalue weighted by atomic mass is 10.1. The number of aromatic nitrogens is 2. The van der Waals surface area contributed by atoms with Gasteiger partial charge in [0.2, 0.25) is 0 Å². The van der Waals surface area contributed by atoms with E-state index in [-0.39, 0.29) is 0 Å². The van der Waals surface area contributed by atoms with Crippen LogP contribution in [0.3, 0.4) is 0 Å². The molecule has 0 radical (unpaired) electrons. The van der Waals surface area contributed by atoms with Crippen molar-refractivity contribution in [3.05, 3.63) is 11.8 Å². The average molecular weight is 410 g/mol. The van der Waals surface area contributed by atoms with E-state index >= 15 is 0 Å². The summed E-state index contributed by atoms with van der Waals surface area (Å²) in [6.07, 6.45) is 6.86. The maximum atomic E-state index is 11.0. The molecule has 1 aromatic rings. The summed E-state index contributed by atoms with van der Waals surface area (Å²) in [7, 11) is 1.64. The molecule has 0 aliphatic carbocycles. The van der Waals surface area contributed by atoms with E-state index < -0.39 is 24.0 Å². The predicted octanol–water partition coefficient (Wildman–Crippen LogP) is 1.23. The van der Waals surface area contributed by atoms with Gasteiger partial charge < -0.3 is 26.6 Å². The lowest BCUT2D eigenvalue weighted by Crippen LogP contribution is -2.33. The van der Waals surface area contributed by atoms with Crippen LogP contribution in [0.5, 0.6) is 0 Å². The number of hydrogen-bond donors (Lipinski definition) is 6. The number of likely N-dealkylation sites (N-methyl/N-ethyl adjacent to an activating group) is 1. The summed E-state index contributed by atoms with van der Waals surface area (Å²) in [4.78, 5) is 29.5. The van der Waals surface area contributed by atoms with Crippen molar-refractivity contribution in [2.45, 2.75) is 51.1 Å². The van der Waals surface area contributed by atoms with Gasteiger partial charge in [-0.15, -0.1) is 0 Å². The maximum Gasteiger partial charge on any atom is 0.350 e. The third kappa shape index (κ3) is 8.44. The Morgan fingerprint density at radius 1 is 1.28 bits per heavy atom. The molecular formula is C19H33N6O4+. The quantitative estimate of drug-likeness (QED) is 0.143. The van der Waals surface area contributed by atoms with E-state index in [9.17, 15) is 9.59 Å². The Labute approximate surface area is 170 Å². The molecule has 0 saturated carbocycles. The molecule has 2 unspecified atom stereocenters. The second kappa shape index (κ2) is 12.7. The highest BCUT2D eigenvalue weighted by Gasteiger charge is 2.21. The van der Waals surface area contributed by atoms with E-state index in [0.717, 1.165) is 18.5 Å². The number of hydrogen-bond acceptors (Lipinski definition) is 6. The molecule has 0 aromatic carbocycles. The summed E-state index contributed by atoms with van der Waals surface area (Å²) in [5.41, 5.74) is 6.31. The number of H-pyrrole nitrogens is 1. The molecule has 7 N–H and O–H groups in total. The molecule has 0 spiro atoms. The molecule has 0 fully saturated rings. The van der Waals surface area contributed by atoms with Crippen molar-refractivity contribution in [2.75, 3.05) is 25.5 Å². The molecule has 162 valence electrons. The number of carbonyl (C=O) groups is 2. The van der Waals surface area contributed by atoms with Crippen molar-refractivity contribution in [3.63, 3.8) is 0 Å². The highest BCUT2D eigenvalue weighted by atomic mass is 16.4. The van der Waals surface area contributed by atoms with Crippen LogP contribution in [0.15, 0.2) is 6.08 Å². The van der Waals surface area contributed by atoms with E-state index in [1.165, 1.54) is 0 Å². The number of carboxylic acids is 2. The Morgan fingerprint density at radius 3 is 2.59 bits per heavy atom. The molecule has 0 aliphatic rings. The van der Waals surface area contributed by atoms with Gasteiger partial charge in [-0.25, -0.2) is 4.58 Å². The smallest absolute Gasteiger partial charge is 0.350 e. The minimum absolute atomic E-state index is 0.378. The van der Waals surface area contributed by atoms with Crippen LogP contribution in [-0.2, 0) is 9.59 Å². The molecular weight excluding hydrogens is 376 g/mol. The number of nitrogens with zero attached hydrogens (tertiary/aromatic N) is 2. The fourth-order valence-corrected chi connectivity index (χ4v) is 2.79. The molecule has 0 amide bonds. The number of anilines is 1. The predicted molar refractivity (Wildman–Crippen MR) is 113 cm³/mol. The molecule has 1 heterocycles. The van der Waals surface area contributed by atoms with Crippen LogP contribution in [0.4, 0.5) is 11.8 Å². The van der Waals surface area contributed by atoms with Crippen LogP contribution in [0.2, 0.25) is 0 Å². The van der Waals surface area contributed by atoms with Crippen LogP contribution in [0.25, 0.3) is 6.08 Å². The highest BCUT2D eigenvalue weighted by Crippen LogP contribution is 2.20. The zero-order valence-electron chi connectivity index (χ0n) is 17.1. The van der Waals surface area contributed by atoms with Crippen molar-refractivity contribution in [1.29, 1.82) is 0 Å². The summed E-state index contributed by atoms with van der Waals surface area (Å²) in [5, 5.41) is 23.8. The first-order valence-corrected chi connectivity index (χ1v) is 9.73. The second-order valence-electron chi connectivity index (χ2n) is 6.78. The van der Waals surface area contributed by atoms with Crippen LogP contribution in [-0.4, -0.2) is 75.6 Å². The Balaban J connectivity index is 2.57. The molecule has 10 heteroatoms. The lowest BCUT2D eigenvalue weighted by Gasteiger charge is -2.10. The number of imidazole rings is 1. The number of nitrogens with two attached hydrogens (primary N) is 1. The summed E-state index contributed by atoms with van der Waals surface area (Å²) in [6.45, 7) is 7.14. The number of nitrogens with one attached hydrogen (secondary N) is 3. The van der Waals surface area contributed by atoms with Gasteiger partial charge in [-0.3, -0.25) is 14.6 Å². The monoisotopic (exact) mass is 409 g/mol. The number of aromatic amines is 1.